The van der Waals surface area contributed by atoms with E-state index < -0.39 is 0 Å². The molecule has 128 valence electrons. The van der Waals surface area contributed by atoms with Gasteiger partial charge in [0.1, 0.15) is 11.4 Å². The van der Waals surface area contributed by atoms with E-state index >= 15 is 0 Å². The minimum absolute atomic E-state index is 0.323. The van der Waals surface area contributed by atoms with E-state index in [0.29, 0.717) is 29.8 Å². The fraction of sp³-hybridized carbons (Fsp3) is 0.529. The number of piperidine rings is 1. The van der Waals surface area contributed by atoms with Crippen LogP contribution in [-0.2, 0) is 11.2 Å². The average molecular weight is 330 g/mol. The number of anilines is 1. The van der Waals surface area contributed by atoms with Crippen LogP contribution < -0.4 is 4.90 Å². The summed E-state index contributed by atoms with van der Waals surface area (Å²) in [7, 11) is 0. The molecule has 24 heavy (non-hydrogen) atoms. The molecule has 0 radical (unpaired) electrons. The topological polar surface area (TPSA) is 81.4 Å². The number of carbonyl (C=O) groups is 1. The summed E-state index contributed by atoms with van der Waals surface area (Å²) in [5.74, 6) is 2.12. The number of aryl methyl sites for hydroxylation is 1. The van der Waals surface area contributed by atoms with E-state index in [9.17, 15) is 4.79 Å². The van der Waals surface area contributed by atoms with Crippen molar-refractivity contribution in [2.75, 3.05) is 24.6 Å². The number of pyridine rings is 1. The summed E-state index contributed by atoms with van der Waals surface area (Å²) in [6.45, 7) is 5.65. The first kappa shape index (κ1) is 16.4. The molecule has 0 bridgehead atoms. The standard InChI is InChI=1S/C17H22N4O3/c1-3-23-17(22)14-7-4-8-18-16(14)21-9-5-6-13(11-21)10-15-19-12(2)24-20-15/h4,7-8,13H,3,5-6,9-11H2,1-2H3/t13-/m1/s1. The largest absolute Gasteiger partial charge is 0.462 e. The van der Waals surface area contributed by atoms with Crippen LogP contribution in [0.3, 0.4) is 0 Å². The molecule has 1 aliphatic rings. The molecule has 0 N–H and O–H groups in total. The fourth-order valence-corrected chi connectivity index (χ4v) is 3.12. The zero-order chi connectivity index (χ0) is 16.9. The van der Waals surface area contributed by atoms with E-state index in [-0.39, 0.29) is 5.97 Å². The van der Waals surface area contributed by atoms with Crippen LogP contribution in [0.25, 0.3) is 0 Å². The molecule has 7 nitrogen and oxygen atoms in total. The van der Waals surface area contributed by atoms with Gasteiger partial charge in [-0.3, -0.25) is 0 Å². The van der Waals surface area contributed by atoms with Crippen LogP contribution in [0, 0.1) is 12.8 Å². The smallest absolute Gasteiger partial charge is 0.341 e. The Morgan fingerprint density at radius 1 is 1.50 bits per heavy atom. The first-order valence-corrected chi connectivity index (χ1v) is 8.33. The molecule has 0 saturated carbocycles. The average Bonchev–Trinajstić information content (AvgIpc) is 3.00. The molecule has 1 fully saturated rings. The van der Waals surface area contributed by atoms with Crippen molar-refractivity contribution in [3.8, 4) is 0 Å². The lowest BCUT2D eigenvalue weighted by molar-refractivity contribution is 0.0526. The van der Waals surface area contributed by atoms with Crippen LogP contribution in [0.4, 0.5) is 5.82 Å². The predicted octanol–water partition coefficient (Wildman–Crippen LogP) is 2.41. The van der Waals surface area contributed by atoms with Crippen molar-refractivity contribution in [3.05, 3.63) is 35.6 Å². The molecule has 2 aromatic heterocycles. The maximum Gasteiger partial charge on any atom is 0.341 e. The van der Waals surface area contributed by atoms with Gasteiger partial charge in [-0.1, -0.05) is 5.16 Å². The third-order valence-corrected chi connectivity index (χ3v) is 4.14. The fourth-order valence-electron chi connectivity index (χ4n) is 3.12. The number of rotatable bonds is 5. The monoisotopic (exact) mass is 330 g/mol. The van der Waals surface area contributed by atoms with Crippen LogP contribution in [0.5, 0.6) is 0 Å². The Morgan fingerprint density at radius 3 is 3.12 bits per heavy atom. The molecule has 2 aromatic rings. The van der Waals surface area contributed by atoms with Gasteiger partial charge in [0.2, 0.25) is 5.89 Å². The molecule has 3 rings (SSSR count). The highest BCUT2D eigenvalue weighted by molar-refractivity contribution is 5.94. The van der Waals surface area contributed by atoms with E-state index in [4.69, 9.17) is 9.26 Å². The van der Waals surface area contributed by atoms with Crippen LogP contribution in [0.15, 0.2) is 22.9 Å². The SMILES string of the molecule is CCOC(=O)c1cccnc1N1CCC[C@H](Cc2noc(C)n2)C1. The van der Waals surface area contributed by atoms with Gasteiger partial charge in [0.15, 0.2) is 5.82 Å². The van der Waals surface area contributed by atoms with Gasteiger partial charge in [-0.05, 0) is 37.8 Å². The van der Waals surface area contributed by atoms with E-state index in [1.165, 1.54) is 0 Å². The summed E-state index contributed by atoms with van der Waals surface area (Å²) in [6.07, 6.45) is 4.63. The summed E-state index contributed by atoms with van der Waals surface area (Å²) < 4.78 is 10.2. The van der Waals surface area contributed by atoms with Gasteiger partial charge >= 0.3 is 5.97 Å². The summed E-state index contributed by atoms with van der Waals surface area (Å²) in [6, 6.07) is 3.53. The van der Waals surface area contributed by atoms with E-state index in [2.05, 4.69) is 20.0 Å². The lowest BCUT2D eigenvalue weighted by atomic mass is 9.94. The molecule has 0 aromatic carbocycles. The number of hydrogen-bond acceptors (Lipinski definition) is 7. The molecule has 0 unspecified atom stereocenters. The zero-order valence-electron chi connectivity index (χ0n) is 14.1. The summed E-state index contributed by atoms with van der Waals surface area (Å²) in [4.78, 5) is 23.0. The molecule has 3 heterocycles. The molecule has 7 heteroatoms. The molecule has 1 saturated heterocycles. The third kappa shape index (κ3) is 3.72. The second-order valence-electron chi connectivity index (χ2n) is 5.98. The Balaban J connectivity index is 1.74. The first-order valence-electron chi connectivity index (χ1n) is 8.33. The predicted molar refractivity (Wildman–Crippen MR) is 87.9 cm³/mol. The third-order valence-electron chi connectivity index (χ3n) is 4.14. The molecule has 0 spiro atoms. The number of nitrogens with zero attached hydrogens (tertiary/aromatic N) is 4. The molecule has 0 aliphatic carbocycles. The highest BCUT2D eigenvalue weighted by atomic mass is 16.5. The van der Waals surface area contributed by atoms with E-state index in [0.717, 1.165) is 38.2 Å². The molecule has 1 atom stereocenters. The Bertz CT molecular complexity index is 701. The van der Waals surface area contributed by atoms with E-state index in [1.54, 1.807) is 32.2 Å². The minimum Gasteiger partial charge on any atom is -0.462 e. The van der Waals surface area contributed by atoms with Crippen LogP contribution >= 0.6 is 0 Å². The van der Waals surface area contributed by atoms with Crippen LogP contribution in [0.2, 0.25) is 0 Å². The Hall–Kier alpha value is -2.44. The Morgan fingerprint density at radius 2 is 2.38 bits per heavy atom. The normalized spacial score (nSPS) is 17.8. The van der Waals surface area contributed by atoms with Crippen molar-refractivity contribution in [1.82, 2.24) is 15.1 Å². The Kier molecular flexibility index (Phi) is 5.08. The van der Waals surface area contributed by atoms with Crippen molar-refractivity contribution < 1.29 is 14.1 Å². The van der Waals surface area contributed by atoms with Gasteiger partial charge < -0.3 is 14.2 Å². The number of carbonyl (C=O) groups excluding carboxylic acids is 1. The quantitative estimate of drug-likeness (QED) is 0.779. The summed E-state index contributed by atoms with van der Waals surface area (Å²) in [5.41, 5.74) is 0.524. The lowest BCUT2D eigenvalue weighted by Crippen LogP contribution is -2.38. The summed E-state index contributed by atoms with van der Waals surface area (Å²) in [5, 5.41) is 3.98. The lowest BCUT2D eigenvalue weighted by Gasteiger charge is -2.33. The number of hydrogen-bond donors (Lipinski definition) is 0. The van der Waals surface area contributed by atoms with Gasteiger partial charge in [-0.25, -0.2) is 9.78 Å². The van der Waals surface area contributed by atoms with E-state index in [1.807, 2.05) is 0 Å². The van der Waals surface area contributed by atoms with Gasteiger partial charge in [-0.15, -0.1) is 0 Å². The molecular formula is C17H22N4O3. The van der Waals surface area contributed by atoms with Gasteiger partial charge in [0.25, 0.3) is 0 Å². The Labute approximate surface area is 141 Å². The van der Waals surface area contributed by atoms with Crippen LogP contribution in [-0.4, -0.2) is 40.8 Å². The highest BCUT2D eigenvalue weighted by Gasteiger charge is 2.26. The van der Waals surface area contributed by atoms with Gasteiger partial charge in [0.05, 0.1) is 6.61 Å². The second kappa shape index (κ2) is 7.42. The maximum atomic E-state index is 12.2. The molecule has 1 aliphatic heterocycles. The second-order valence-corrected chi connectivity index (χ2v) is 5.98. The number of esters is 1. The first-order chi connectivity index (χ1) is 11.7. The van der Waals surface area contributed by atoms with Crippen molar-refractivity contribution in [2.45, 2.75) is 33.1 Å². The number of ether oxygens (including phenoxy) is 1. The summed E-state index contributed by atoms with van der Waals surface area (Å²) >= 11 is 0. The highest BCUT2D eigenvalue weighted by Crippen LogP contribution is 2.26. The van der Waals surface area contributed by atoms with Crippen LogP contribution in [0.1, 0.15) is 41.8 Å². The van der Waals surface area contributed by atoms with Crippen molar-refractivity contribution in [3.63, 3.8) is 0 Å². The minimum atomic E-state index is -0.323. The zero-order valence-corrected chi connectivity index (χ0v) is 14.1. The molecular weight excluding hydrogens is 308 g/mol. The van der Waals surface area contributed by atoms with Crippen molar-refractivity contribution >= 4 is 11.8 Å². The molecule has 0 amide bonds. The van der Waals surface area contributed by atoms with Crippen molar-refractivity contribution in [2.24, 2.45) is 5.92 Å². The maximum absolute atomic E-state index is 12.2. The van der Waals surface area contributed by atoms with Crippen molar-refractivity contribution in [1.29, 1.82) is 0 Å². The van der Waals surface area contributed by atoms with Gasteiger partial charge in [0, 0.05) is 32.6 Å². The van der Waals surface area contributed by atoms with Gasteiger partial charge in [-0.2, -0.15) is 4.98 Å². The number of aromatic nitrogens is 3.